The fraction of sp³-hybridized carbons (Fsp3) is 0.915. The minimum Gasteiger partial charge on any atom is -0.462 e. The van der Waals surface area contributed by atoms with E-state index in [1.54, 1.807) is 0 Å². The van der Waals surface area contributed by atoms with Crippen molar-refractivity contribution in [3.8, 4) is 0 Å². The van der Waals surface area contributed by atoms with E-state index in [-0.39, 0.29) is 18.5 Å². The van der Waals surface area contributed by atoms with E-state index >= 15 is 0 Å². The van der Waals surface area contributed by atoms with Gasteiger partial charge in [0, 0.05) is 19.4 Å². The highest BCUT2D eigenvalue weighted by atomic mass is 16.6. The summed E-state index contributed by atoms with van der Waals surface area (Å²) in [6.45, 7) is 7.81. The van der Waals surface area contributed by atoms with Gasteiger partial charge in [0.25, 0.3) is 0 Å². The lowest BCUT2D eigenvalue weighted by atomic mass is 10.0. The van der Waals surface area contributed by atoms with Crippen molar-refractivity contribution in [3.05, 3.63) is 12.2 Å². The van der Waals surface area contributed by atoms with Crippen LogP contribution in [0.5, 0.6) is 0 Å². The Morgan fingerprint density at radius 1 is 0.404 bits per heavy atom. The van der Waals surface area contributed by atoms with Crippen molar-refractivity contribution >= 4 is 11.9 Å². The summed E-state index contributed by atoms with van der Waals surface area (Å²) in [5.41, 5.74) is 0. The van der Waals surface area contributed by atoms with Crippen molar-refractivity contribution in [2.24, 2.45) is 0 Å². The number of ether oxygens (including phenoxy) is 3. The van der Waals surface area contributed by atoms with Gasteiger partial charge in [-0.15, -0.1) is 0 Å². The maximum atomic E-state index is 12.6. The molecule has 1 atom stereocenters. The molecule has 0 aromatic carbocycles. The minimum atomic E-state index is -0.526. The molecule has 52 heavy (non-hydrogen) atoms. The second-order valence-corrected chi connectivity index (χ2v) is 15.7. The highest BCUT2D eigenvalue weighted by molar-refractivity contribution is 5.70. The molecule has 0 aliphatic rings. The molecule has 0 N–H and O–H groups in total. The van der Waals surface area contributed by atoms with Crippen LogP contribution in [0.25, 0.3) is 0 Å². The number of rotatable bonds is 43. The largest absolute Gasteiger partial charge is 0.462 e. The summed E-state index contributed by atoms with van der Waals surface area (Å²) in [7, 11) is 0. The Labute approximate surface area is 325 Å². The van der Waals surface area contributed by atoms with Gasteiger partial charge in [-0.2, -0.15) is 0 Å². The highest BCUT2D eigenvalue weighted by Crippen LogP contribution is 2.15. The third-order valence-corrected chi connectivity index (χ3v) is 10.3. The first-order valence-corrected chi connectivity index (χ1v) is 23.2. The molecule has 308 valence electrons. The lowest BCUT2D eigenvalue weighted by Crippen LogP contribution is -2.30. The van der Waals surface area contributed by atoms with Crippen molar-refractivity contribution < 1.29 is 23.8 Å². The Kier molecular flexibility index (Phi) is 42.9. The molecular formula is C47H90O5. The third kappa shape index (κ3) is 41.4. The van der Waals surface area contributed by atoms with Gasteiger partial charge >= 0.3 is 11.9 Å². The van der Waals surface area contributed by atoms with Crippen LogP contribution in [0, 0.1) is 0 Å². The van der Waals surface area contributed by atoms with Gasteiger partial charge in [-0.25, -0.2) is 0 Å². The third-order valence-electron chi connectivity index (χ3n) is 10.3. The van der Waals surface area contributed by atoms with E-state index in [0.717, 1.165) is 38.5 Å². The molecular weight excluding hydrogens is 645 g/mol. The Balaban J connectivity index is 4.11. The molecule has 0 fully saturated rings. The topological polar surface area (TPSA) is 61.8 Å². The number of hydrogen-bond acceptors (Lipinski definition) is 5. The van der Waals surface area contributed by atoms with Crippen LogP contribution in [0.3, 0.4) is 0 Å². The normalized spacial score (nSPS) is 12.1. The number of allylic oxidation sites excluding steroid dienone is 2. The predicted octanol–water partition coefficient (Wildman–Crippen LogP) is 15.1. The van der Waals surface area contributed by atoms with E-state index in [9.17, 15) is 9.59 Å². The molecule has 0 spiro atoms. The summed E-state index contributed by atoms with van der Waals surface area (Å²) in [5.74, 6) is -0.391. The lowest BCUT2D eigenvalue weighted by Gasteiger charge is -2.18. The van der Waals surface area contributed by atoms with Gasteiger partial charge in [0.2, 0.25) is 0 Å². The molecule has 0 aromatic rings. The van der Waals surface area contributed by atoms with Crippen LogP contribution >= 0.6 is 0 Å². The Morgan fingerprint density at radius 3 is 1.19 bits per heavy atom. The molecule has 0 heterocycles. The van der Waals surface area contributed by atoms with Crippen molar-refractivity contribution in [1.82, 2.24) is 0 Å². The zero-order valence-electron chi connectivity index (χ0n) is 35.4. The standard InChI is InChI=1S/C47H90O5/c1-4-7-10-13-16-18-20-22-24-25-27-29-32-34-37-40-46(48)51-44-45(52-47(49)41-38-35-31-15-12-9-6-3)43-50-42-39-36-33-30-28-26-23-21-19-17-14-11-8-5-2/h19,21,45H,4-18,20,22-44H2,1-3H3/b21-19-. The van der Waals surface area contributed by atoms with Crippen LogP contribution in [0.1, 0.15) is 252 Å². The maximum absolute atomic E-state index is 12.6. The molecule has 0 radical (unpaired) electrons. The molecule has 0 rings (SSSR count). The number of carbonyl (C=O) groups excluding carboxylic acids is 2. The maximum Gasteiger partial charge on any atom is 0.306 e. The molecule has 0 amide bonds. The second-order valence-electron chi connectivity index (χ2n) is 15.7. The average molecular weight is 735 g/mol. The van der Waals surface area contributed by atoms with Crippen LogP contribution < -0.4 is 0 Å². The van der Waals surface area contributed by atoms with Gasteiger partial charge in [0.05, 0.1) is 6.61 Å². The minimum absolute atomic E-state index is 0.0908. The molecule has 5 heteroatoms. The lowest BCUT2D eigenvalue weighted by molar-refractivity contribution is -0.163. The quantitative estimate of drug-likeness (QED) is 0.0355. The number of esters is 2. The molecule has 0 aliphatic heterocycles. The van der Waals surface area contributed by atoms with Crippen LogP contribution in [0.15, 0.2) is 12.2 Å². The first kappa shape index (κ1) is 50.6. The van der Waals surface area contributed by atoms with Crippen LogP contribution in [0.4, 0.5) is 0 Å². The highest BCUT2D eigenvalue weighted by Gasteiger charge is 2.17. The summed E-state index contributed by atoms with van der Waals surface area (Å²) in [4.78, 5) is 25.1. The van der Waals surface area contributed by atoms with Gasteiger partial charge in [-0.05, 0) is 44.9 Å². The first-order valence-electron chi connectivity index (χ1n) is 23.2. The second kappa shape index (κ2) is 44.0. The number of carbonyl (C=O) groups is 2. The van der Waals surface area contributed by atoms with E-state index < -0.39 is 6.10 Å². The van der Waals surface area contributed by atoms with Gasteiger partial charge in [-0.3, -0.25) is 9.59 Å². The van der Waals surface area contributed by atoms with Crippen LogP contribution in [0.2, 0.25) is 0 Å². The fourth-order valence-corrected chi connectivity index (χ4v) is 6.80. The van der Waals surface area contributed by atoms with E-state index in [1.165, 1.54) is 180 Å². The fourth-order valence-electron chi connectivity index (χ4n) is 6.80. The summed E-state index contributed by atoms with van der Waals surface area (Å²) >= 11 is 0. The Bertz CT molecular complexity index is 750. The van der Waals surface area contributed by atoms with E-state index in [2.05, 4.69) is 32.9 Å². The van der Waals surface area contributed by atoms with E-state index in [4.69, 9.17) is 14.2 Å². The number of hydrogen-bond donors (Lipinski definition) is 0. The summed E-state index contributed by atoms with van der Waals surface area (Å²) in [6, 6.07) is 0. The molecule has 1 unspecified atom stereocenters. The molecule has 0 aliphatic carbocycles. The van der Waals surface area contributed by atoms with Crippen LogP contribution in [-0.4, -0.2) is 37.9 Å². The summed E-state index contributed by atoms with van der Waals surface area (Å²) in [5, 5.41) is 0. The van der Waals surface area contributed by atoms with Gasteiger partial charge in [-0.1, -0.05) is 206 Å². The first-order chi connectivity index (χ1) is 25.6. The molecule has 0 aromatic heterocycles. The molecule has 0 saturated carbocycles. The van der Waals surface area contributed by atoms with Gasteiger partial charge < -0.3 is 14.2 Å². The average Bonchev–Trinajstić information content (AvgIpc) is 3.14. The Morgan fingerprint density at radius 2 is 0.750 bits per heavy atom. The summed E-state index contributed by atoms with van der Waals surface area (Å²) < 4.78 is 17.3. The molecule has 0 bridgehead atoms. The zero-order valence-corrected chi connectivity index (χ0v) is 35.4. The Hall–Kier alpha value is -1.36. The van der Waals surface area contributed by atoms with E-state index in [1.807, 2.05) is 0 Å². The van der Waals surface area contributed by atoms with Crippen molar-refractivity contribution in [1.29, 1.82) is 0 Å². The zero-order chi connectivity index (χ0) is 37.8. The van der Waals surface area contributed by atoms with E-state index in [0.29, 0.717) is 26.1 Å². The molecule has 5 nitrogen and oxygen atoms in total. The molecule has 0 saturated heterocycles. The van der Waals surface area contributed by atoms with Crippen molar-refractivity contribution in [3.63, 3.8) is 0 Å². The summed E-state index contributed by atoms with van der Waals surface area (Å²) in [6.07, 6.45) is 47.9. The smallest absolute Gasteiger partial charge is 0.306 e. The van der Waals surface area contributed by atoms with Gasteiger partial charge in [0.1, 0.15) is 6.61 Å². The van der Waals surface area contributed by atoms with Crippen molar-refractivity contribution in [2.45, 2.75) is 258 Å². The predicted molar refractivity (Wildman–Crippen MR) is 224 cm³/mol. The SMILES string of the molecule is CCCCCC/C=C\CCCCCCCCOCC(COC(=O)CCCCCCCCCCCCCCCCC)OC(=O)CCCCCCCCC. The van der Waals surface area contributed by atoms with Crippen LogP contribution in [-0.2, 0) is 23.8 Å². The monoisotopic (exact) mass is 735 g/mol. The van der Waals surface area contributed by atoms with Crippen molar-refractivity contribution in [2.75, 3.05) is 19.8 Å². The van der Waals surface area contributed by atoms with Gasteiger partial charge in [0.15, 0.2) is 6.10 Å². The number of unbranched alkanes of at least 4 members (excludes halogenated alkanes) is 30.